The summed E-state index contributed by atoms with van der Waals surface area (Å²) in [6, 6.07) is 6.61. The number of benzene rings is 1. The van der Waals surface area contributed by atoms with E-state index in [0.717, 1.165) is 75.7 Å². The average Bonchev–Trinajstić information content (AvgIpc) is 3.04. The molecule has 0 aliphatic carbocycles. The maximum Gasteiger partial charge on any atom is 0.136 e. The van der Waals surface area contributed by atoms with Gasteiger partial charge in [0.2, 0.25) is 0 Å². The molecule has 3 heterocycles. The minimum absolute atomic E-state index is 0.489. The normalized spacial score (nSPS) is 20.3. The average molecular weight is 401 g/mol. The molecule has 2 aliphatic heterocycles. The van der Waals surface area contributed by atoms with Crippen molar-refractivity contribution >= 4 is 0 Å². The summed E-state index contributed by atoms with van der Waals surface area (Å²) in [4.78, 5) is 2.45. The molecule has 2 aliphatic rings. The lowest BCUT2D eigenvalue weighted by Crippen LogP contribution is -2.31. The summed E-state index contributed by atoms with van der Waals surface area (Å²) in [5, 5.41) is 9.09. The van der Waals surface area contributed by atoms with Gasteiger partial charge in [0.15, 0.2) is 0 Å². The van der Waals surface area contributed by atoms with Crippen LogP contribution in [0.3, 0.4) is 0 Å². The van der Waals surface area contributed by atoms with Gasteiger partial charge in [-0.15, -0.1) is 10.2 Å². The Morgan fingerprint density at radius 3 is 2.45 bits per heavy atom. The number of hydrogen-bond acceptors (Lipinski definition) is 6. The monoisotopic (exact) mass is 400 g/mol. The van der Waals surface area contributed by atoms with Crippen molar-refractivity contribution in [2.24, 2.45) is 0 Å². The molecule has 0 spiro atoms. The van der Waals surface area contributed by atoms with E-state index in [9.17, 15) is 0 Å². The van der Waals surface area contributed by atoms with Crippen LogP contribution in [0.2, 0.25) is 0 Å². The van der Waals surface area contributed by atoms with Gasteiger partial charge in [-0.05, 0) is 50.4 Å². The van der Waals surface area contributed by atoms with E-state index >= 15 is 0 Å². The molecule has 1 aromatic heterocycles. The van der Waals surface area contributed by atoms with Gasteiger partial charge in [-0.2, -0.15) is 0 Å². The van der Waals surface area contributed by atoms with Crippen molar-refractivity contribution in [2.75, 3.05) is 34.5 Å². The van der Waals surface area contributed by atoms with Gasteiger partial charge in [0.1, 0.15) is 23.1 Å². The zero-order chi connectivity index (χ0) is 20.2. The Labute approximate surface area is 173 Å². The fourth-order valence-electron chi connectivity index (χ4n) is 4.57. The highest BCUT2D eigenvalue weighted by molar-refractivity contribution is 5.38. The molecule has 1 aromatic carbocycles. The molecule has 0 radical (unpaired) electrons. The molecule has 7 nitrogen and oxygen atoms in total. The first-order chi connectivity index (χ1) is 14.2. The molecule has 0 saturated carbocycles. The first-order valence-corrected chi connectivity index (χ1v) is 10.6. The van der Waals surface area contributed by atoms with Gasteiger partial charge in [0, 0.05) is 50.8 Å². The fourth-order valence-corrected chi connectivity index (χ4v) is 4.57. The predicted molar refractivity (Wildman–Crippen MR) is 111 cm³/mol. The number of rotatable bonds is 6. The highest BCUT2D eigenvalue weighted by Crippen LogP contribution is 2.29. The summed E-state index contributed by atoms with van der Waals surface area (Å²) < 4.78 is 18.8. The summed E-state index contributed by atoms with van der Waals surface area (Å²) in [5.41, 5.74) is 1.20. The Balaban J connectivity index is 1.42. The summed E-state index contributed by atoms with van der Waals surface area (Å²) in [6.45, 7) is 3.53. The molecule has 0 N–H and O–H groups in total. The minimum Gasteiger partial charge on any atom is -0.497 e. The highest BCUT2D eigenvalue weighted by atomic mass is 16.5. The number of hydrogen-bond donors (Lipinski definition) is 0. The first-order valence-electron chi connectivity index (χ1n) is 10.6. The van der Waals surface area contributed by atoms with Crippen LogP contribution in [0.15, 0.2) is 18.2 Å². The Morgan fingerprint density at radius 1 is 1.03 bits per heavy atom. The van der Waals surface area contributed by atoms with Gasteiger partial charge < -0.3 is 18.8 Å². The number of ether oxygens (including phenoxy) is 3. The van der Waals surface area contributed by atoms with Gasteiger partial charge in [-0.25, -0.2) is 0 Å². The van der Waals surface area contributed by atoms with Gasteiger partial charge >= 0.3 is 0 Å². The Kier molecular flexibility index (Phi) is 6.35. The van der Waals surface area contributed by atoms with Crippen LogP contribution in [-0.4, -0.2) is 60.2 Å². The summed E-state index contributed by atoms with van der Waals surface area (Å²) in [6.07, 6.45) is 5.30. The fraction of sp³-hybridized carbons (Fsp3) is 0.636. The summed E-state index contributed by atoms with van der Waals surface area (Å²) in [7, 11) is 5.60. The molecule has 1 saturated heterocycles. The molecule has 1 fully saturated rings. The number of fused-ring (bicyclic) bond motifs is 1. The Hall–Kier alpha value is -2.12. The summed E-state index contributed by atoms with van der Waals surface area (Å²) >= 11 is 0. The maximum atomic E-state index is 5.52. The molecular weight excluding hydrogens is 368 g/mol. The minimum atomic E-state index is 0.489. The van der Waals surface area contributed by atoms with Crippen molar-refractivity contribution in [3.63, 3.8) is 0 Å². The molecule has 2 aromatic rings. The molecule has 7 heteroatoms. The third-order valence-corrected chi connectivity index (χ3v) is 6.30. The van der Waals surface area contributed by atoms with Crippen LogP contribution in [0, 0.1) is 0 Å². The van der Waals surface area contributed by atoms with E-state index in [4.69, 9.17) is 14.2 Å². The van der Waals surface area contributed by atoms with Crippen molar-refractivity contribution in [1.82, 2.24) is 19.7 Å². The van der Waals surface area contributed by atoms with Crippen LogP contribution >= 0.6 is 0 Å². The van der Waals surface area contributed by atoms with E-state index in [1.165, 1.54) is 11.4 Å². The quantitative estimate of drug-likeness (QED) is 0.743. The Bertz CT molecular complexity index is 794. The molecule has 1 atom stereocenters. The number of nitrogens with zero attached hydrogens (tertiary/aromatic N) is 4. The number of aryl methyl sites for hydroxylation is 1. The van der Waals surface area contributed by atoms with Gasteiger partial charge in [0.05, 0.1) is 14.2 Å². The van der Waals surface area contributed by atoms with Crippen molar-refractivity contribution in [3.05, 3.63) is 35.4 Å². The largest absolute Gasteiger partial charge is 0.497 e. The first kappa shape index (κ1) is 20.2. The zero-order valence-corrected chi connectivity index (χ0v) is 17.8. The lowest BCUT2D eigenvalue weighted by atomic mass is 9.99. The zero-order valence-electron chi connectivity index (χ0n) is 17.8. The van der Waals surface area contributed by atoms with Crippen LogP contribution < -0.4 is 9.47 Å². The van der Waals surface area contributed by atoms with Crippen molar-refractivity contribution in [1.29, 1.82) is 0 Å². The highest BCUT2D eigenvalue weighted by Gasteiger charge is 2.27. The third-order valence-electron chi connectivity index (χ3n) is 6.30. The smallest absolute Gasteiger partial charge is 0.136 e. The van der Waals surface area contributed by atoms with E-state index in [2.05, 4.69) is 38.8 Å². The van der Waals surface area contributed by atoms with E-state index in [-0.39, 0.29) is 0 Å². The SMILES string of the molecule is COc1cc(CN(C)C2CCc3nnc(C4CCOCC4)n3CC2)cc(OC)c1. The van der Waals surface area contributed by atoms with Crippen molar-refractivity contribution in [2.45, 2.75) is 57.2 Å². The van der Waals surface area contributed by atoms with E-state index in [1.54, 1.807) is 14.2 Å². The second-order valence-electron chi connectivity index (χ2n) is 8.13. The molecule has 1 unspecified atom stereocenters. The molecule has 0 amide bonds. The van der Waals surface area contributed by atoms with Gasteiger partial charge in [-0.3, -0.25) is 4.90 Å². The van der Waals surface area contributed by atoms with Crippen molar-refractivity contribution in [3.8, 4) is 11.5 Å². The van der Waals surface area contributed by atoms with E-state index in [0.29, 0.717) is 12.0 Å². The molecular formula is C22H32N4O3. The topological polar surface area (TPSA) is 61.6 Å². The standard InChI is InChI=1S/C22H32N4O3/c1-25(15-16-12-19(27-2)14-20(13-16)28-3)18-4-5-21-23-24-22(26(21)9-6-18)17-7-10-29-11-8-17/h12-14,17-18H,4-11,15H2,1-3H3. The molecule has 29 heavy (non-hydrogen) atoms. The molecule has 4 rings (SSSR count). The lowest BCUT2D eigenvalue weighted by Gasteiger charge is -2.27. The van der Waals surface area contributed by atoms with Crippen molar-refractivity contribution < 1.29 is 14.2 Å². The van der Waals surface area contributed by atoms with Crippen LogP contribution in [0.4, 0.5) is 0 Å². The van der Waals surface area contributed by atoms with Crippen LogP contribution in [0.25, 0.3) is 0 Å². The van der Waals surface area contributed by atoms with Crippen LogP contribution in [-0.2, 0) is 24.2 Å². The number of methoxy groups -OCH3 is 2. The van der Waals surface area contributed by atoms with Gasteiger partial charge in [0.25, 0.3) is 0 Å². The summed E-state index contributed by atoms with van der Waals surface area (Å²) in [5.74, 6) is 4.47. The molecule has 0 bridgehead atoms. The van der Waals surface area contributed by atoms with Gasteiger partial charge in [-0.1, -0.05) is 0 Å². The Morgan fingerprint density at radius 2 is 1.76 bits per heavy atom. The molecule has 158 valence electrons. The second kappa shape index (κ2) is 9.13. The lowest BCUT2D eigenvalue weighted by molar-refractivity contribution is 0.0826. The second-order valence-corrected chi connectivity index (χ2v) is 8.13. The van der Waals surface area contributed by atoms with E-state index < -0.39 is 0 Å². The van der Waals surface area contributed by atoms with Crippen LogP contribution in [0.5, 0.6) is 11.5 Å². The number of aromatic nitrogens is 3. The van der Waals surface area contributed by atoms with Crippen LogP contribution in [0.1, 0.15) is 48.8 Å². The predicted octanol–water partition coefficient (Wildman–Crippen LogP) is 3.03. The maximum absolute atomic E-state index is 5.52. The third kappa shape index (κ3) is 4.56. The van der Waals surface area contributed by atoms with E-state index in [1.807, 2.05) is 6.07 Å².